The van der Waals surface area contributed by atoms with Crippen molar-refractivity contribution in [1.82, 2.24) is 5.32 Å². The van der Waals surface area contributed by atoms with Crippen LogP contribution in [0.4, 0.5) is 0 Å². The van der Waals surface area contributed by atoms with E-state index in [1.165, 1.54) is 11.1 Å². The third-order valence-electron chi connectivity index (χ3n) is 3.94. The fourth-order valence-corrected chi connectivity index (χ4v) is 2.67. The van der Waals surface area contributed by atoms with Crippen LogP contribution in [0.2, 0.25) is 0 Å². The first-order valence-corrected chi connectivity index (χ1v) is 7.95. The SMILES string of the molecule is Cc1ccccc1CNC(=O)C(CC(C)C)c1ccccc1. The second kappa shape index (κ2) is 7.79. The highest BCUT2D eigenvalue weighted by molar-refractivity contribution is 5.83. The minimum absolute atomic E-state index is 0.0785. The van der Waals surface area contributed by atoms with Crippen molar-refractivity contribution in [2.24, 2.45) is 5.92 Å². The van der Waals surface area contributed by atoms with E-state index in [0.717, 1.165) is 12.0 Å². The number of hydrogen-bond donors (Lipinski definition) is 1. The van der Waals surface area contributed by atoms with Gasteiger partial charge in [-0.15, -0.1) is 0 Å². The van der Waals surface area contributed by atoms with Crippen LogP contribution in [0, 0.1) is 12.8 Å². The van der Waals surface area contributed by atoms with Gasteiger partial charge in [-0.2, -0.15) is 0 Å². The molecule has 1 unspecified atom stereocenters. The van der Waals surface area contributed by atoms with Crippen molar-refractivity contribution >= 4 is 5.91 Å². The lowest BCUT2D eigenvalue weighted by molar-refractivity contribution is -0.123. The number of aryl methyl sites for hydroxylation is 1. The van der Waals surface area contributed by atoms with Crippen LogP contribution in [0.25, 0.3) is 0 Å². The molecular formula is C20H25NO. The van der Waals surface area contributed by atoms with Crippen LogP contribution in [0.1, 0.15) is 42.9 Å². The smallest absolute Gasteiger partial charge is 0.227 e. The molecule has 0 aromatic heterocycles. The number of hydrogen-bond acceptors (Lipinski definition) is 1. The third-order valence-corrected chi connectivity index (χ3v) is 3.94. The summed E-state index contributed by atoms with van der Waals surface area (Å²) in [5.41, 5.74) is 3.48. The lowest BCUT2D eigenvalue weighted by Crippen LogP contribution is -2.30. The van der Waals surface area contributed by atoms with E-state index in [1.807, 2.05) is 42.5 Å². The first-order chi connectivity index (χ1) is 10.6. The van der Waals surface area contributed by atoms with Crippen LogP contribution in [-0.2, 0) is 11.3 Å². The number of nitrogens with one attached hydrogen (secondary N) is 1. The Morgan fingerprint density at radius 1 is 1.00 bits per heavy atom. The minimum Gasteiger partial charge on any atom is -0.351 e. The molecule has 0 bridgehead atoms. The van der Waals surface area contributed by atoms with E-state index in [1.54, 1.807) is 0 Å². The fraction of sp³-hybridized carbons (Fsp3) is 0.350. The van der Waals surface area contributed by atoms with Crippen molar-refractivity contribution in [2.45, 2.75) is 39.7 Å². The molecule has 0 aliphatic rings. The first-order valence-electron chi connectivity index (χ1n) is 7.95. The van der Waals surface area contributed by atoms with E-state index < -0.39 is 0 Å². The van der Waals surface area contributed by atoms with Crippen molar-refractivity contribution in [3.05, 3.63) is 71.3 Å². The monoisotopic (exact) mass is 295 g/mol. The number of carbonyl (C=O) groups excluding carboxylic acids is 1. The second-order valence-corrected chi connectivity index (χ2v) is 6.24. The van der Waals surface area contributed by atoms with Crippen molar-refractivity contribution < 1.29 is 4.79 Å². The molecule has 0 radical (unpaired) electrons. The van der Waals surface area contributed by atoms with E-state index in [9.17, 15) is 4.79 Å². The molecule has 0 spiro atoms. The Hall–Kier alpha value is -2.09. The Morgan fingerprint density at radius 2 is 1.64 bits per heavy atom. The standard InChI is InChI=1S/C20H25NO/c1-15(2)13-19(17-10-5-4-6-11-17)20(22)21-14-18-12-8-7-9-16(18)3/h4-12,15,19H,13-14H2,1-3H3,(H,21,22). The topological polar surface area (TPSA) is 29.1 Å². The Labute approximate surface area is 133 Å². The predicted molar refractivity (Wildman–Crippen MR) is 91.7 cm³/mol. The molecule has 116 valence electrons. The zero-order valence-electron chi connectivity index (χ0n) is 13.7. The summed E-state index contributed by atoms with van der Waals surface area (Å²) < 4.78 is 0. The van der Waals surface area contributed by atoms with Crippen LogP contribution in [0.5, 0.6) is 0 Å². The molecule has 1 N–H and O–H groups in total. The molecule has 0 saturated heterocycles. The largest absolute Gasteiger partial charge is 0.351 e. The van der Waals surface area contributed by atoms with Crippen molar-refractivity contribution in [1.29, 1.82) is 0 Å². The van der Waals surface area contributed by atoms with Crippen LogP contribution in [0.15, 0.2) is 54.6 Å². The van der Waals surface area contributed by atoms with E-state index >= 15 is 0 Å². The van der Waals surface area contributed by atoms with Gasteiger partial charge in [-0.3, -0.25) is 4.79 Å². The number of benzene rings is 2. The Morgan fingerprint density at radius 3 is 2.27 bits per heavy atom. The highest BCUT2D eigenvalue weighted by atomic mass is 16.1. The van der Waals surface area contributed by atoms with E-state index in [4.69, 9.17) is 0 Å². The van der Waals surface area contributed by atoms with Crippen LogP contribution in [-0.4, -0.2) is 5.91 Å². The molecule has 0 saturated carbocycles. The van der Waals surface area contributed by atoms with Gasteiger partial charge in [0.15, 0.2) is 0 Å². The molecule has 2 aromatic carbocycles. The van der Waals surface area contributed by atoms with E-state index in [0.29, 0.717) is 12.5 Å². The summed E-state index contributed by atoms with van der Waals surface area (Å²) in [5.74, 6) is 0.516. The molecule has 0 fully saturated rings. The zero-order chi connectivity index (χ0) is 15.9. The van der Waals surface area contributed by atoms with Crippen molar-refractivity contribution in [3.8, 4) is 0 Å². The Kier molecular flexibility index (Phi) is 5.76. The quantitative estimate of drug-likeness (QED) is 0.838. The van der Waals surface area contributed by atoms with Crippen molar-refractivity contribution in [3.63, 3.8) is 0 Å². The maximum atomic E-state index is 12.7. The normalized spacial score (nSPS) is 12.2. The van der Waals surface area contributed by atoms with Gasteiger partial charge in [0.2, 0.25) is 5.91 Å². The van der Waals surface area contributed by atoms with E-state index in [2.05, 4.69) is 38.2 Å². The summed E-state index contributed by atoms with van der Waals surface area (Å²) in [6.45, 7) is 6.98. The summed E-state index contributed by atoms with van der Waals surface area (Å²) in [6, 6.07) is 18.2. The molecule has 2 nitrogen and oxygen atoms in total. The molecule has 0 aliphatic carbocycles. The van der Waals surface area contributed by atoms with Crippen LogP contribution >= 0.6 is 0 Å². The highest BCUT2D eigenvalue weighted by Gasteiger charge is 2.21. The van der Waals surface area contributed by atoms with Crippen molar-refractivity contribution in [2.75, 3.05) is 0 Å². The summed E-state index contributed by atoms with van der Waals surface area (Å²) >= 11 is 0. The minimum atomic E-state index is -0.0785. The lowest BCUT2D eigenvalue weighted by atomic mass is 9.89. The van der Waals surface area contributed by atoms with Gasteiger partial charge in [0.05, 0.1) is 5.92 Å². The summed E-state index contributed by atoms with van der Waals surface area (Å²) in [5, 5.41) is 3.10. The van der Waals surface area contributed by atoms with Crippen LogP contribution < -0.4 is 5.32 Å². The van der Waals surface area contributed by atoms with Gasteiger partial charge in [-0.05, 0) is 36.0 Å². The highest BCUT2D eigenvalue weighted by Crippen LogP contribution is 2.24. The predicted octanol–water partition coefficient (Wildman–Crippen LogP) is 4.44. The average molecular weight is 295 g/mol. The molecule has 22 heavy (non-hydrogen) atoms. The van der Waals surface area contributed by atoms with E-state index in [-0.39, 0.29) is 11.8 Å². The van der Waals surface area contributed by atoms with Gasteiger partial charge in [-0.1, -0.05) is 68.4 Å². The molecule has 1 amide bonds. The van der Waals surface area contributed by atoms with Crippen LogP contribution in [0.3, 0.4) is 0 Å². The number of rotatable bonds is 6. The lowest BCUT2D eigenvalue weighted by Gasteiger charge is -2.19. The van der Waals surface area contributed by atoms with Gasteiger partial charge in [0, 0.05) is 6.54 Å². The average Bonchev–Trinajstić information content (AvgIpc) is 2.52. The molecular weight excluding hydrogens is 270 g/mol. The third kappa shape index (κ3) is 4.45. The summed E-state index contributed by atoms with van der Waals surface area (Å²) in [6.07, 6.45) is 0.865. The van der Waals surface area contributed by atoms with Gasteiger partial charge in [0.25, 0.3) is 0 Å². The second-order valence-electron chi connectivity index (χ2n) is 6.24. The molecule has 1 atom stereocenters. The van der Waals surface area contributed by atoms with Gasteiger partial charge < -0.3 is 5.32 Å². The number of carbonyl (C=O) groups is 1. The molecule has 0 aliphatic heterocycles. The van der Waals surface area contributed by atoms with Gasteiger partial charge in [-0.25, -0.2) is 0 Å². The fourth-order valence-electron chi connectivity index (χ4n) is 2.67. The first kappa shape index (κ1) is 16.3. The Bertz CT molecular complexity index is 604. The van der Waals surface area contributed by atoms with Gasteiger partial charge >= 0.3 is 0 Å². The maximum absolute atomic E-state index is 12.7. The maximum Gasteiger partial charge on any atom is 0.227 e. The van der Waals surface area contributed by atoms with Gasteiger partial charge in [0.1, 0.15) is 0 Å². The summed E-state index contributed by atoms with van der Waals surface area (Å²) in [7, 11) is 0. The molecule has 2 aromatic rings. The summed E-state index contributed by atoms with van der Waals surface area (Å²) in [4.78, 5) is 12.7. The molecule has 2 rings (SSSR count). The Balaban J connectivity index is 2.08. The number of amides is 1. The molecule has 0 heterocycles. The molecule has 2 heteroatoms. The zero-order valence-corrected chi connectivity index (χ0v) is 13.7.